The number of urea groups is 1. The van der Waals surface area contributed by atoms with Crippen LogP contribution in [0.1, 0.15) is 28.5 Å². The second kappa shape index (κ2) is 6.16. The van der Waals surface area contributed by atoms with Crippen molar-refractivity contribution in [3.05, 3.63) is 26.6 Å². The predicted octanol–water partition coefficient (Wildman–Crippen LogP) is 3.03. The minimum atomic E-state index is -0.205. The summed E-state index contributed by atoms with van der Waals surface area (Å²) in [6.45, 7) is 9.93. The number of halogens is 1. The van der Waals surface area contributed by atoms with Gasteiger partial charge in [-0.2, -0.15) is 0 Å². The van der Waals surface area contributed by atoms with Gasteiger partial charge in [-0.3, -0.25) is 0 Å². The molecule has 1 unspecified atom stereocenters. The van der Waals surface area contributed by atoms with Gasteiger partial charge in [0.25, 0.3) is 0 Å². The largest absolute Gasteiger partial charge is 0.334 e. The van der Waals surface area contributed by atoms with Gasteiger partial charge in [0.2, 0.25) is 0 Å². The van der Waals surface area contributed by atoms with Gasteiger partial charge in [-0.15, -0.1) is 11.3 Å². The Balaban J connectivity index is 2.54. The number of rotatable bonds is 4. The van der Waals surface area contributed by atoms with E-state index in [-0.39, 0.29) is 12.1 Å². The van der Waals surface area contributed by atoms with E-state index in [0.29, 0.717) is 6.54 Å². The molecule has 1 heterocycles. The molecule has 0 radical (unpaired) electrons. The number of thiazole rings is 1. The van der Waals surface area contributed by atoms with Crippen LogP contribution in [-0.2, 0) is 0 Å². The molecule has 4 nitrogen and oxygen atoms in total. The zero-order valence-corrected chi connectivity index (χ0v) is 12.5. The Hall–Kier alpha value is -0.880. The monoisotopic (exact) mass is 317 g/mol. The van der Waals surface area contributed by atoms with Gasteiger partial charge in [-0.05, 0) is 20.8 Å². The molecule has 1 aromatic rings. The number of aromatic nitrogens is 1. The predicted molar refractivity (Wildman–Crippen MR) is 74.6 cm³/mol. The van der Waals surface area contributed by atoms with Crippen LogP contribution in [0.3, 0.4) is 0 Å². The van der Waals surface area contributed by atoms with Crippen LogP contribution in [0.5, 0.6) is 0 Å². The maximum atomic E-state index is 11.5. The summed E-state index contributed by atoms with van der Waals surface area (Å²) >= 11 is 4.79. The summed E-state index contributed by atoms with van der Waals surface area (Å²) in [7, 11) is 0. The van der Waals surface area contributed by atoms with E-state index < -0.39 is 0 Å². The highest BCUT2D eigenvalue weighted by molar-refractivity contribution is 9.11. The van der Waals surface area contributed by atoms with Crippen molar-refractivity contribution in [1.29, 1.82) is 0 Å². The van der Waals surface area contributed by atoms with E-state index in [4.69, 9.17) is 0 Å². The first-order valence-electron chi connectivity index (χ1n) is 5.21. The maximum Gasteiger partial charge on any atom is 0.315 e. The molecule has 6 heteroatoms. The van der Waals surface area contributed by atoms with Crippen molar-refractivity contribution >= 4 is 33.3 Å². The zero-order chi connectivity index (χ0) is 13.0. The second-order valence-corrected chi connectivity index (χ2v) is 6.10. The van der Waals surface area contributed by atoms with E-state index in [1.807, 2.05) is 20.8 Å². The number of nitrogens with one attached hydrogen (secondary N) is 2. The number of hydrogen-bond donors (Lipinski definition) is 2. The molecule has 0 saturated heterocycles. The van der Waals surface area contributed by atoms with E-state index in [1.54, 1.807) is 11.3 Å². The first kappa shape index (κ1) is 14.2. The molecule has 0 aliphatic rings. The molecule has 0 aliphatic heterocycles. The average Bonchev–Trinajstić information content (AvgIpc) is 2.55. The molecule has 2 amide bonds. The molecule has 1 atom stereocenters. The molecule has 0 aromatic carbocycles. The Kier molecular flexibility index (Phi) is 5.14. The molecule has 0 aliphatic carbocycles. The third-order valence-electron chi connectivity index (χ3n) is 2.12. The van der Waals surface area contributed by atoms with Crippen LogP contribution in [0, 0.1) is 13.8 Å². The normalized spacial score (nSPS) is 12.0. The SMILES string of the molecule is C=C(Br)CNC(=O)NC(C)c1sc(C)nc1C. The number of nitrogens with zero attached hydrogens (tertiary/aromatic N) is 1. The molecule has 0 fully saturated rings. The molecule has 2 N–H and O–H groups in total. The van der Waals surface area contributed by atoms with E-state index in [2.05, 4.69) is 38.1 Å². The summed E-state index contributed by atoms with van der Waals surface area (Å²) in [4.78, 5) is 17.0. The molecule has 17 heavy (non-hydrogen) atoms. The fraction of sp³-hybridized carbons (Fsp3) is 0.455. The van der Waals surface area contributed by atoms with Crippen LogP contribution >= 0.6 is 27.3 Å². The van der Waals surface area contributed by atoms with Crippen molar-refractivity contribution in [2.24, 2.45) is 0 Å². The van der Waals surface area contributed by atoms with Crippen LogP contribution in [0.4, 0.5) is 4.79 Å². The summed E-state index contributed by atoms with van der Waals surface area (Å²) in [5, 5.41) is 6.58. The van der Waals surface area contributed by atoms with E-state index in [0.717, 1.165) is 20.1 Å². The van der Waals surface area contributed by atoms with Crippen LogP contribution < -0.4 is 10.6 Å². The third kappa shape index (κ3) is 4.47. The first-order chi connectivity index (χ1) is 7.90. The Bertz CT molecular complexity index is 430. The average molecular weight is 318 g/mol. The van der Waals surface area contributed by atoms with Crippen LogP contribution in [0.25, 0.3) is 0 Å². The number of carbonyl (C=O) groups excluding carboxylic acids is 1. The number of amides is 2. The van der Waals surface area contributed by atoms with Gasteiger partial charge in [0.1, 0.15) is 0 Å². The summed E-state index contributed by atoms with van der Waals surface area (Å²) in [6.07, 6.45) is 0. The van der Waals surface area contributed by atoms with Crippen molar-refractivity contribution in [3.63, 3.8) is 0 Å². The highest BCUT2D eigenvalue weighted by atomic mass is 79.9. The molecule has 0 spiro atoms. The molecule has 94 valence electrons. The fourth-order valence-electron chi connectivity index (χ4n) is 1.44. The first-order valence-corrected chi connectivity index (χ1v) is 6.82. The van der Waals surface area contributed by atoms with Gasteiger partial charge in [0.15, 0.2) is 0 Å². The minimum absolute atomic E-state index is 0.0372. The van der Waals surface area contributed by atoms with Gasteiger partial charge < -0.3 is 10.6 Å². The fourth-order valence-corrected chi connectivity index (χ4v) is 2.51. The quantitative estimate of drug-likeness (QED) is 0.896. The Morgan fingerprint density at radius 2 is 2.24 bits per heavy atom. The van der Waals surface area contributed by atoms with Gasteiger partial charge >= 0.3 is 6.03 Å². The molecule has 1 aromatic heterocycles. The maximum absolute atomic E-state index is 11.5. The lowest BCUT2D eigenvalue weighted by molar-refractivity contribution is 0.239. The highest BCUT2D eigenvalue weighted by Gasteiger charge is 2.14. The lowest BCUT2D eigenvalue weighted by Gasteiger charge is -2.13. The summed E-state index contributed by atoms with van der Waals surface area (Å²) in [5.74, 6) is 0. The Labute approximate surface area is 114 Å². The number of aryl methyl sites for hydroxylation is 2. The molecule has 0 saturated carbocycles. The van der Waals surface area contributed by atoms with E-state index in [9.17, 15) is 4.79 Å². The molecule has 0 bridgehead atoms. The topological polar surface area (TPSA) is 54.0 Å². The standard InChI is InChI=1S/C11H16BrN3OS/c1-6(12)5-13-11(16)15-8(3)10-7(2)14-9(4)17-10/h8H,1,5H2,2-4H3,(H2,13,15,16). The second-order valence-electron chi connectivity index (χ2n) is 3.75. The third-order valence-corrected chi connectivity index (χ3v) is 3.66. The van der Waals surface area contributed by atoms with Gasteiger partial charge in [-0.1, -0.05) is 22.5 Å². The smallest absolute Gasteiger partial charge is 0.315 e. The zero-order valence-electron chi connectivity index (χ0n) is 10.1. The number of hydrogen-bond acceptors (Lipinski definition) is 3. The molecular formula is C11H16BrN3OS. The van der Waals surface area contributed by atoms with Gasteiger partial charge in [0.05, 0.1) is 23.3 Å². The van der Waals surface area contributed by atoms with Crippen LogP contribution in [0.2, 0.25) is 0 Å². The lowest BCUT2D eigenvalue weighted by atomic mass is 10.2. The summed E-state index contributed by atoms with van der Waals surface area (Å²) in [6, 6.07) is -0.242. The summed E-state index contributed by atoms with van der Waals surface area (Å²) in [5.41, 5.74) is 0.977. The minimum Gasteiger partial charge on any atom is -0.334 e. The summed E-state index contributed by atoms with van der Waals surface area (Å²) < 4.78 is 0.741. The number of carbonyl (C=O) groups is 1. The Morgan fingerprint density at radius 1 is 1.59 bits per heavy atom. The van der Waals surface area contributed by atoms with E-state index in [1.165, 1.54) is 0 Å². The highest BCUT2D eigenvalue weighted by Crippen LogP contribution is 2.24. The van der Waals surface area contributed by atoms with Crippen molar-refractivity contribution in [2.45, 2.75) is 26.8 Å². The van der Waals surface area contributed by atoms with Crippen molar-refractivity contribution in [3.8, 4) is 0 Å². The van der Waals surface area contributed by atoms with Crippen molar-refractivity contribution in [1.82, 2.24) is 15.6 Å². The lowest BCUT2D eigenvalue weighted by Crippen LogP contribution is -2.37. The van der Waals surface area contributed by atoms with Crippen LogP contribution in [-0.4, -0.2) is 17.6 Å². The van der Waals surface area contributed by atoms with Crippen molar-refractivity contribution < 1.29 is 4.79 Å². The molecule has 1 rings (SSSR count). The Morgan fingerprint density at radius 3 is 2.71 bits per heavy atom. The van der Waals surface area contributed by atoms with Gasteiger partial charge in [-0.25, -0.2) is 9.78 Å². The van der Waals surface area contributed by atoms with Crippen LogP contribution in [0.15, 0.2) is 11.1 Å². The van der Waals surface area contributed by atoms with Crippen molar-refractivity contribution in [2.75, 3.05) is 6.54 Å². The molecular weight excluding hydrogens is 302 g/mol. The van der Waals surface area contributed by atoms with E-state index >= 15 is 0 Å². The van der Waals surface area contributed by atoms with Gasteiger partial charge in [0, 0.05) is 9.36 Å².